The van der Waals surface area contributed by atoms with Gasteiger partial charge in [-0.2, -0.15) is 0 Å². The summed E-state index contributed by atoms with van der Waals surface area (Å²) in [5.41, 5.74) is 10.7. The number of hydrogen-bond donors (Lipinski definition) is 8. The van der Waals surface area contributed by atoms with Gasteiger partial charge in [-0.15, -0.1) is 0 Å². The van der Waals surface area contributed by atoms with E-state index < -0.39 is 80.4 Å². The van der Waals surface area contributed by atoms with Gasteiger partial charge in [0.15, 0.2) is 0 Å². The van der Waals surface area contributed by atoms with Crippen LogP contribution in [0.2, 0.25) is 0 Å². The van der Waals surface area contributed by atoms with E-state index in [0.29, 0.717) is 24.8 Å². The van der Waals surface area contributed by atoms with Crippen molar-refractivity contribution in [1.82, 2.24) is 36.2 Å². The summed E-state index contributed by atoms with van der Waals surface area (Å²) in [5, 5.41) is 14.4. The molecule has 1 aliphatic carbocycles. The second-order valence-electron chi connectivity index (χ2n) is 19.4. The number of hydrogen-bond acceptors (Lipinski definition) is 10. The van der Waals surface area contributed by atoms with Crippen molar-refractivity contribution in [3.63, 3.8) is 0 Å². The molecule has 1 saturated carbocycles. The number of carbonyl (C=O) groups is 6. The standard InChI is InChI=1S/C47H73N9O8S/c1-28(2)35(56(12)43(61)38(45(6,7)8)53-42(60)37(50-11)46(9,10)31-17-14-13-15-18-31)27-30(5)39(57)55-65(63,64)33-22-20-32(21-23-33)47(24-25-47)54-40(58)34(19-16-26-51-44(49)62)52-41(59)36(48)29(3)4/h13-15,17-18,20-23,27-29,34-38,50H,16,19,24-26,48H2,1-12H3,(H,52,59)(H,53,60)(H,54,58)(H,55,57)(H3,49,51,62)/b30-27+/t34-,35+,36-,37+,38+/m0/s1. The zero-order valence-electron chi connectivity index (χ0n) is 40.1. The van der Waals surface area contributed by atoms with Crippen LogP contribution in [-0.2, 0) is 44.9 Å². The molecule has 0 unspecified atom stereocenters. The molecular formula is C47H73N9O8S. The highest BCUT2D eigenvalue weighted by Gasteiger charge is 2.47. The molecule has 0 heterocycles. The minimum Gasteiger partial charge on any atom is -0.352 e. The van der Waals surface area contributed by atoms with Crippen molar-refractivity contribution in [3.8, 4) is 0 Å². The minimum atomic E-state index is -4.37. The predicted molar refractivity (Wildman–Crippen MR) is 251 cm³/mol. The van der Waals surface area contributed by atoms with Crippen molar-refractivity contribution >= 4 is 45.6 Å². The van der Waals surface area contributed by atoms with Gasteiger partial charge in [0.2, 0.25) is 23.6 Å². The van der Waals surface area contributed by atoms with E-state index in [1.54, 1.807) is 46.2 Å². The number of sulfonamides is 1. The van der Waals surface area contributed by atoms with Crippen LogP contribution in [0.25, 0.3) is 0 Å². The van der Waals surface area contributed by atoms with Crippen molar-refractivity contribution in [1.29, 1.82) is 0 Å². The highest BCUT2D eigenvalue weighted by atomic mass is 32.2. The number of rotatable bonds is 22. The largest absolute Gasteiger partial charge is 0.352 e. The van der Waals surface area contributed by atoms with Gasteiger partial charge in [0, 0.05) is 24.6 Å². The van der Waals surface area contributed by atoms with Gasteiger partial charge in [-0.05, 0) is 80.2 Å². The van der Waals surface area contributed by atoms with Gasteiger partial charge in [-0.25, -0.2) is 17.9 Å². The van der Waals surface area contributed by atoms with Crippen LogP contribution in [0.3, 0.4) is 0 Å². The number of urea groups is 1. The zero-order valence-corrected chi connectivity index (χ0v) is 40.9. The Morgan fingerprint density at radius 1 is 0.831 bits per heavy atom. The first-order chi connectivity index (χ1) is 30.1. The van der Waals surface area contributed by atoms with E-state index in [0.717, 1.165) is 5.56 Å². The fourth-order valence-corrected chi connectivity index (χ4v) is 8.69. The lowest BCUT2D eigenvalue weighted by atomic mass is 9.76. The maximum atomic E-state index is 14.3. The Labute approximate surface area is 385 Å². The Kier molecular flexibility index (Phi) is 18.5. The first-order valence-electron chi connectivity index (χ1n) is 22.2. The van der Waals surface area contributed by atoms with Crippen molar-refractivity contribution in [2.75, 3.05) is 20.6 Å². The normalized spacial score (nSPS) is 16.3. The molecule has 65 heavy (non-hydrogen) atoms. The molecule has 0 saturated heterocycles. The average molecular weight is 924 g/mol. The second-order valence-corrected chi connectivity index (χ2v) is 21.1. The summed E-state index contributed by atoms with van der Waals surface area (Å²) in [4.78, 5) is 80.7. The fraction of sp³-hybridized carbons (Fsp3) is 0.574. The lowest BCUT2D eigenvalue weighted by Crippen LogP contribution is -2.61. The van der Waals surface area contributed by atoms with E-state index in [4.69, 9.17) is 11.5 Å². The molecule has 1 fully saturated rings. The zero-order chi connectivity index (χ0) is 49.2. The molecule has 2 aromatic carbocycles. The Morgan fingerprint density at radius 3 is 1.91 bits per heavy atom. The maximum Gasteiger partial charge on any atom is 0.312 e. The third-order valence-corrected chi connectivity index (χ3v) is 13.5. The number of nitrogens with two attached hydrogens (primary N) is 2. The van der Waals surface area contributed by atoms with Gasteiger partial charge in [-0.3, -0.25) is 24.0 Å². The minimum absolute atomic E-state index is 0.0563. The van der Waals surface area contributed by atoms with Gasteiger partial charge in [0.25, 0.3) is 15.9 Å². The van der Waals surface area contributed by atoms with Gasteiger partial charge < -0.3 is 43.0 Å². The number of benzene rings is 2. The van der Waals surface area contributed by atoms with E-state index in [1.807, 2.05) is 78.8 Å². The first-order valence-corrected chi connectivity index (χ1v) is 23.6. The second kappa shape index (κ2) is 22.2. The van der Waals surface area contributed by atoms with Crippen LogP contribution in [0.1, 0.15) is 106 Å². The summed E-state index contributed by atoms with van der Waals surface area (Å²) in [6.07, 6.45) is 3.19. The quantitative estimate of drug-likeness (QED) is 0.0632. The molecule has 7 amide bonds. The number of nitrogens with zero attached hydrogens (tertiary/aromatic N) is 1. The molecule has 10 N–H and O–H groups in total. The molecular weight excluding hydrogens is 851 g/mol. The van der Waals surface area contributed by atoms with Crippen molar-refractivity contribution < 1.29 is 37.2 Å². The monoisotopic (exact) mass is 924 g/mol. The van der Waals surface area contributed by atoms with Gasteiger partial charge in [-0.1, -0.05) is 111 Å². The van der Waals surface area contributed by atoms with Crippen LogP contribution in [-0.4, -0.2) is 99.7 Å². The molecule has 0 spiro atoms. The SMILES string of the molecule is CN[C@H](C(=O)N[C@H](C(=O)N(C)[C@H](/C=C(\C)C(=O)NS(=O)(=O)c1ccc(C2(NC(=O)[C@H](CCCNC(N)=O)NC(=O)[C@@H](N)C(C)C)CC2)cc1)C(C)C)C(C)(C)C)C(C)(C)c1ccccc1. The van der Waals surface area contributed by atoms with E-state index in [9.17, 15) is 37.2 Å². The van der Waals surface area contributed by atoms with Gasteiger partial charge >= 0.3 is 6.03 Å². The summed E-state index contributed by atoms with van der Waals surface area (Å²) in [7, 11) is -1.07. The molecule has 17 nitrogen and oxygen atoms in total. The number of primary amides is 1. The average Bonchev–Trinajstić information content (AvgIpc) is 4.01. The Balaban J connectivity index is 1.76. The first kappa shape index (κ1) is 54.0. The molecule has 3 rings (SSSR count). The van der Waals surface area contributed by atoms with E-state index in [2.05, 4.69) is 31.3 Å². The number of nitrogens with one attached hydrogen (secondary N) is 6. The van der Waals surface area contributed by atoms with Crippen molar-refractivity contribution in [2.24, 2.45) is 28.7 Å². The smallest absolute Gasteiger partial charge is 0.312 e. The lowest BCUT2D eigenvalue weighted by Gasteiger charge is -2.40. The van der Waals surface area contributed by atoms with Crippen LogP contribution in [0.15, 0.2) is 71.1 Å². The third kappa shape index (κ3) is 14.3. The number of carbonyl (C=O) groups excluding carboxylic acids is 6. The lowest BCUT2D eigenvalue weighted by molar-refractivity contribution is -0.141. The summed E-state index contributed by atoms with van der Waals surface area (Å²) >= 11 is 0. The molecule has 0 bridgehead atoms. The van der Waals surface area contributed by atoms with Crippen LogP contribution in [0, 0.1) is 17.3 Å². The summed E-state index contributed by atoms with van der Waals surface area (Å²) in [6, 6.07) is 10.6. The van der Waals surface area contributed by atoms with Crippen molar-refractivity contribution in [3.05, 3.63) is 77.4 Å². The molecule has 2 aromatic rings. The Hall–Kier alpha value is -5.33. The van der Waals surface area contributed by atoms with E-state index in [-0.39, 0.29) is 47.1 Å². The Bertz CT molecular complexity index is 2150. The highest BCUT2D eigenvalue weighted by molar-refractivity contribution is 7.90. The summed E-state index contributed by atoms with van der Waals surface area (Å²) < 4.78 is 29.2. The molecule has 18 heteroatoms. The third-order valence-electron chi connectivity index (χ3n) is 12.1. The van der Waals surface area contributed by atoms with Crippen LogP contribution >= 0.6 is 0 Å². The van der Waals surface area contributed by atoms with Crippen molar-refractivity contribution in [2.45, 2.75) is 141 Å². The summed E-state index contributed by atoms with van der Waals surface area (Å²) in [5.74, 6) is -2.97. The Morgan fingerprint density at radius 2 is 1.42 bits per heavy atom. The maximum absolute atomic E-state index is 14.3. The van der Waals surface area contributed by atoms with Crippen LogP contribution in [0.5, 0.6) is 0 Å². The number of likely N-dealkylation sites (N-methyl/N-ethyl adjacent to an activating group) is 2. The molecule has 0 radical (unpaired) electrons. The molecule has 0 aliphatic heterocycles. The number of amides is 7. The van der Waals surface area contributed by atoms with E-state index >= 15 is 0 Å². The topological polar surface area (TPSA) is 264 Å². The molecule has 0 aromatic heterocycles. The summed E-state index contributed by atoms with van der Waals surface area (Å²) in [6.45, 7) is 18.5. The van der Waals surface area contributed by atoms with E-state index in [1.165, 1.54) is 24.0 Å². The van der Waals surface area contributed by atoms with Crippen LogP contribution in [0.4, 0.5) is 4.79 Å². The van der Waals surface area contributed by atoms with Crippen LogP contribution < -0.4 is 42.8 Å². The molecule has 5 atom stereocenters. The predicted octanol–water partition coefficient (Wildman–Crippen LogP) is 3.04. The molecule has 1 aliphatic rings. The van der Waals surface area contributed by atoms with Gasteiger partial charge in [0.05, 0.1) is 28.6 Å². The molecule has 360 valence electrons. The fourth-order valence-electron chi connectivity index (χ4n) is 7.67. The van der Waals surface area contributed by atoms with Gasteiger partial charge in [0.1, 0.15) is 12.1 Å². The highest BCUT2D eigenvalue weighted by Crippen LogP contribution is 2.45.